The Kier molecular flexibility index (Phi) is 4.70. The Balaban J connectivity index is 1.55. The Morgan fingerprint density at radius 3 is 2.65 bits per heavy atom. The molecule has 31 heavy (non-hydrogen) atoms. The van der Waals surface area contributed by atoms with E-state index in [1.165, 1.54) is 21.6 Å². The number of carbonyl (C=O) groups excluding carboxylic acids is 1. The highest BCUT2D eigenvalue weighted by Gasteiger charge is 2.44. The van der Waals surface area contributed by atoms with Gasteiger partial charge in [0.05, 0.1) is 29.0 Å². The van der Waals surface area contributed by atoms with E-state index in [2.05, 4.69) is 4.57 Å². The van der Waals surface area contributed by atoms with Crippen molar-refractivity contribution < 1.29 is 13.6 Å². The smallest absolute Gasteiger partial charge is 0.261 e. The standard InChI is InChI=1S/C23H22ClF2N3O2/c1-2-23(26)12-28(13-23)20(30)11-27-8-7-19-21(22(27)31)16(10-29(19)15-4-5-15)14-3-6-18(25)17(24)9-14/h3,6-10,15H,2,4-5,11-13H2,1H3. The maximum atomic E-state index is 14.2. The van der Waals surface area contributed by atoms with Gasteiger partial charge in [-0.15, -0.1) is 0 Å². The number of fused-ring (bicyclic) bond motifs is 1. The summed E-state index contributed by atoms with van der Waals surface area (Å²) >= 11 is 5.98. The average molecular weight is 446 g/mol. The Bertz CT molecular complexity index is 1260. The van der Waals surface area contributed by atoms with Gasteiger partial charge in [-0.05, 0) is 43.0 Å². The third kappa shape index (κ3) is 3.45. The molecule has 2 aromatic heterocycles. The van der Waals surface area contributed by atoms with E-state index in [0.29, 0.717) is 29.0 Å². The van der Waals surface area contributed by atoms with Gasteiger partial charge in [0.1, 0.15) is 18.0 Å². The van der Waals surface area contributed by atoms with E-state index in [1.54, 1.807) is 19.2 Å². The second kappa shape index (κ2) is 7.19. The fraction of sp³-hybridized carbons (Fsp3) is 0.391. The molecule has 0 atom stereocenters. The number of alkyl halides is 1. The molecule has 5 nitrogen and oxygen atoms in total. The van der Waals surface area contributed by atoms with E-state index < -0.39 is 11.5 Å². The lowest BCUT2D eigenvalue weighted by Gasteiger charge is -2.44. The maximum Gasteiger partial charge on any atom is 0.261 e. The van der Waals surface area contributed by atoms with E-state index in [4.69, 9.17) is 11.6 Å². The van der Waals surface area contributed by atoms with Crippen LogP contribution in [0.5, 0.6) is 0 Å². The summed E-state index contributed by atoms with van der Waals surface area (Å²) in [5.74, 6) is -0.805. The van der Waals surface area contributed by atoms with Crippen LogP contribution in [-0.2, 0) is 11.3 Å². The van der Waals surface area contributed by atoms with Crippen molar-refractivity contribution >= 4 is 28.4 Å². The molecule has 3 heterocycles. The number of carbonyl (C=O) groups is 1. The molecular weight excluding hydrogens is 424 g/mol. The third-order valence-corrected chi connectivity index (χ3v) is 6.66. The predicted octanol–water partition coefficient (Wildman–Crippen LogP) is 4.56. The third-order valence-electron chi connectivity index (χ3n) is 6.37. The minimum absolute atomic E-state index is 0.0142. The van der Waals surface area contributed by atoms with Gasteiger partial charge < -0.3 is 14.0 Å². The quantitative estimate of drug-likeness (QED) is 0.578. The number of pyridine rings is 1. The molecule has 0 radical (unpaired) electrons. The first-order valence-corrected chi connectivity index (χ1v) is 10.8. The average Bonchev–Trinajstić information content (AvgIpc) is 3.50. The zero-order valence-electron chi connectivity index (χ0n) is 17.1. The Morgan fingerprint density at radius 1 is 1.26 bits per heavy atom. The molecule has 0 unspecified atom stereocenters. The minimum atomic E-state index is -1.32. The molecule has 2 fully saturated rings. The van der Waals surface area contributed by atoms with Crippen LogP contribution in [0.2, 0.25) is 5.02 Å². The van der Waals surface area contributed by atoms with Crippen LogP contribution in [-0.4, -0.2) is 38.7 Å². The van der Waals surface area contributed by atoms with Gasteiger partial charge in [-0.1, -0.05) is 24.6 Å². The second-order valence-electron chi connectivity index (χ2n) is 8.57. The number of amides is 1. The summed E-state index contributed by atoms with van der Waals surface area (Å²) in [6.07, 6.45) is 5.96. The lowest BCUT2D eigenvalue weighted by Crippen LogP contribution is -2.61. The monoisotopic (exact) mass is 445 g/mol. The van der Waals surface area contributed by atoms with Gasteiger partial charge in [0.15, 0.2) is 0 Å². The van der Waals surface area contributed by atoms with Crippen molar-refractivity contribution in [3.63, 3.8) is 0 Å². The largest absolute Gasteiger partial charge is 0.344 e. The number of halogens is 3. The Labute approximate surface area is 182 Å². The molecule has 1 amide bonds. The molecule has 2 aliphatic rings. The minimum Gasteiger partial charge on any atom is -0.344 e. The first-order chi connectivity index (χ1) is 14.8. The van der Waals surface area contributed by atoms with Crippen LogP contribution in [0.3, 0.4) is 0 Å². The normalized spacial score (nSPS) is 17.7. The van der Waals surface area contributed by atoms with Crippen molar-refractivity contribution in [3.05, 3.63) is 57.9 Å². The molecule has 1 saturated carbocycles. The fourth-order valence-corrected chi connectivity index (χ4v) is 4.43. The molecule has 8 heteroatoms. The van der Waals surface area contributed by atoms with Gasteiger partial charge in [-0.2, -0.15) is 0 Å². The maximum absolute atomic E-state index is 14.2. The summed E-state index contributed by atoms with van der Waals surface area (Å²) in [4.78, 5) is 27.4. The van der Waals surface area contributed by atoms with Crippen molar-refractivity contribution in [2.24, 2.45) is 0 Å². The van der Waals surface area contributed by atoms with Crippen molar-refractivity contribution in [1.82, 2.24) is 14.0 Å². The fourth-order valence-electron chi connectivity index (χ4n) is 4.25. The number of rotatable bonds is 5. The van der Waals surface area contributed by atoms with Gasteiger partial charge in [0.25, 0.3) is 5.56 Å². The molecule has 3 aromatic rings. The van der Waals surface area contributed by atoms with Gasteiger partial charge >= 0.3 is 0 Å². The van der Waals surface area contributed by atoms with Crippen molar-refractivity contribution in [1.29, 1.82) is 0 Å². The first-order valence-electron chi connectivity index (χ1n) is 10.5. The van der Waals surface area contributed by atoms with Gasteiger partial charge in [-0.3, -0.25) is 9.59 Å². The van der Waals surface area contributed by atoms with Crippen LogP contribution in [0.15, 0.2) is 41.5 Å². The number of hydrogen-bond donors (Lipinski definition) is 0. The summed E-state index contributed by atoms with van der Waals surface area (Å²) in [6, 6.07) is 6.55. The number of likely N-dealkylation sites (tertiary alicyclic amines) is 1. The highest BCUT2D eigenvalue weighted by atomic mass is 35.5. The second-order valence-corrected chi connectivity index (χ2v) is 8.98. The molecule has 162 valence electrons. The highest BCUT2D eigenvalue weighted by Crippen LogP contribution is 2.41. The van der Waals surface area contributed by atoms with Crippen LogP contribution >= 0.6 is 11.6 Å². The summed E-state index contributed by atoms with van der Waals surface area (Å²) in [6.45, 7) is 1.74. The number of nitrogens with zero attached hydrogens (tertiary/aromatic N) is 3. The molecule has 1 aliphatic heterocycles. The zero-order chi connectivity index (χ0) is 21.9. The van der Waals surface area contributed by atoms with Crippen molar-refractivity contribution in [3.8, 4) is 11.1 Å². The summed E-state index contributed by atoms with van der Waals surface area (Å²) in [5.41, 5.74) is 0.465. The number of benzene rings is 1. The topological polar surface area (TPSA) is 47.2 Å². The number of hydrogen-bond acceptors (Lipinski definition) is 2. The lowest BCUT2D eigenvalue weighted by molar-refractivity contribution is -0.146. The van der Waals surface area contributed by atoms with Crippen molar-refractivity contribution in [2.45, 2.75) is 44.4 Å². The van der Waals surface area contributed by atoms with Crippen LogP contribution in [0.25, 0.3) is 22.0 Å². The summed E-state index contributed by atoms with van der Waals surface area (Å²) in [7, 11) is 0. The molecule has 0 bridgehead atoms. The number of aromatic nitrogens is 2. The van der Waals surface area contributed by atoms with Gasteiger partial charge in [0.2, 0.25) is 5.91 Å². The molecular formula is C23H22ClF2N3O2. The molecule has 0 spiro atoms. The van der Waals surface area contributed by atoms with Gasteiger partial charge in [0, 0.05) is 24.0 Å². The molecule has 1 aromatic carbocycles. The van der Waals surface area contributed by atoms with E-state index in [1.807, 2.05) is 12.3 Å². The molecule has 0 N–H and O–H groups in total. The molecule has 1 saturated heterocycles. The SMILES string of the molecule is CCC1(F)CN(C(=O)Cn2ccc3c(c(-c4ccc(F)c(Cl)c4)cn3C3CC3)c2=O)C1. The van der Waals surface area contributed by atoms with E-state index in [9.17, 15) is 18.4 Å². The van der Waals surface area contributed by atoms with Gasteiger partial charge in [-0.25, -0.2) is 8.78 Å². The first kappa shape index (κ1) is 20.2. The van der Waals surface area contributed by atoms with E-state index in [-0.39, 0.29) is 36.1 Å². The van der Waals surface area contributed by atoms with E-state index >= 15 is 0 Å². The summed E-state index contributed by atoms with van der Waals surface area (Å²) < 4.78 is 31.3. The Hall–Kier alpha value is -2.67. The van der Waals surface area contributed by atoms with Crippen LogP contribution in [0.4, 0.5) is 8.78 Å². The zero-order valence-corrected chi connectivity index (χ0v) is 17.8. The van der Waals surface area contributed by atoms with E-state index in [0.717, 1.165) is 18.4 Å². The Morgan fingerprint density at radius 2 is 2.00 bits per heavy atom. The van der Waals surface area contributed by atoms with Crippen LogP contribution in [0, 0.1) is 5.82 Å². The van der Waals surface area contributed by atoms with Crippen molar-refractivity contribution in [2.75, 3.05) is 13.1 Å². The highest BCUT2D eigenvalue weighted by molar-refractivity contribution is 6.31. The summed E-state index contributed by atoms with van der Waals surface area (Å²) in [5, 5.41) is 0.460. The van der Waals surface area contributed by atoms with Crippen LogP contribution in [0.1, 0.15) is 32.2 Å². The predicted molar refractivity (Wildman–Crippen MR) is 116 cm³/mol. The van der Waals surface area contributed by atoms with Crippen LogP contribution < -0.4 is 5.56 Å². The lowest BCUT2D eigenvalue weighted by atomic mass is 9.93. The molecule has 5 rings (SSSR count). The molecule has 1 aliphatic carbocycles.